The summed E-state index contributed by atoms with van der Waals surface area (Å²) >= 11 is 7.78. The zero-order chi connectivity index (χ0) is 17.5. The number of thiazole rings is 1. The second-order valence-electron chi connectivity index (χ2n) is 6.11. The molecule has 0 bridgehead atoms. The smallest absolute Gasteiger partial charge is 0.185 e. The molecule has 1 unspecified atom stereocenters. The third-order valence-corrected chi connectivity index (χ3v) is 5.65. The van der Waals surface area contributed by atoms with Gasteiger partial charge in [0.25, 0.3) is 0 Å². The van der Waals surface area contributed by atoms with E-state index in [4.69, 9.17) is 16.6 Å². The number of hydrogen-bond donors (Lipinski definition) is 1. The van der Waals surface area contributed by atoms with E-state index in [1.54, 1.807) is 23.7 Å². The maximum absolute atomic E-state index is 6.10. The lowest BCUT2D eigenvalue weighted by molar-refractivity contribution is 0.701. The molecule has 1 aliphatic rings. The summed E-state index contributed by atoms with van der Waals surface area (Å²) in [5.74, 6) is 1.37. The maximum Gasteiger partial charge on any atom is 0.185 e. The van der Waals surface area contributed by atoms with Crippen molar-refractivity contribution in [3.8, 4) is 11.4 Å². The number of nitrogens with zero attached hydrogens (tertiary/aromatic N) is 6. The molecule has 4 aromatic rings. The predicted molar refractivity (Wildman–Crippen MR) is 101 cm³/mol. The molecule has 0 amide bonds. The third kappa shape index (κ3) is 2.62. The number of aromatic nitrogens is 6. The highest BCUT2D eigenvalue weighted by molar-refractivity contribution is 7.09. The van der Waals surface area contributed by atoms with Crippen molar-refractivity contribution in [2.45, 2.75) is 18.9 Å². The summed E-state index contributed by atoms with van der Waals surface area (Å²) in [6.07, 6.45) is 9.20. The molecule has 0 aliphatic carbocycles. The lowest BCUT2D eigenvalue weighted by Crippen LogP contribution is -2.24. The standard InChI is InChI=1S/C17H14ClN7S/c18-10-6-11-12(8-21-15(11)20-7-10)16-23-14(9-22-24-16)25-4-1-2-13(25)17-19-3-5-26-17/h3,5-9,13H,1-2,4H2,(H,20,21). The number of H-pyrrole nitrogens is 1. The van der Waals surface area contributed by atoms with Crippen LogP contribution < -0.4 is 4.90 Å². The lowest BCUT2D eigenvalue weighted by Gasteiger charge is -2.23. The average Bonchev–Trinajstić information content (AvgIpc) is 3.40. The Bertz CT molecular complexity index is 1060. The molecule has 5 heterocycles. The molecule has 0 saturated carbocycles. The van der Waals surface area contributed by atoms with Gasteiger partial charge < -0.3 is 9.88 Å². The summed E-state index contributed by atoms with van der Waals surface area (Å²) in [5.41, 5.74) is 1.59. The molecular weight excluding hydrogens is 370 g/mol. The summed E-state index contributed by atoms with van der Waals surface area (Å²) in [4.78, 5) is 18.9. The molecule has 1 saturated heterocycles. The molecule has 1 fully saturated rings. The van der Waals surface area contributed by atoms with Crippen LogP contribution >= 0.6 is 22.9 Å². The molecule has 1 atom stereocenters. The van der Waals surface area contributed by atoms with Gasteiger partial charge >= 0.3 is 0 Å². The minimum absolute atomic E-state index is 0.249. The number of anilines is 1. The predicted octanol–water partition coefficient (Wildman–Crippen LogP) is 3.87. The number of aromatic amines is 1. The fourth-order valence-electron chi connectivity index (χ4n) is 3.41. The molecule has 4 aromatic heterocycles. The van der Waals surface area contributed by atoms with Gasteiger partial charge in [-0.1, -0.05) is 11.6 Å². The van der Waals surface area contributed by atoms with Crippen molar-refractivity contribution in [3.63, 3.8) is 0 Å². The Morgan fingerprint density at radius 1 is 1.27 bits per heavy atom. The van der Waals surface area contributed by atoms with E-state index in [-0.39, 0.29) is 6.04 Å². The lowest BCUT2D eigenvalue weighted by atomic mass is 10.2. The van der Waals surface area contributed by atoms with E-state index in [1.165, 1.54) is 0 Å². The molecule has 0 radical (unpaired) electrons. The first-order valence-electron chi connectivity index (χ1n) is 8.28. The van der Waals surface area contributed by atoms with Crippen molar-refractivity contribution in [2.24, 2.45) is 0 Å². The molecule has 26 heavy (non-hydrogen) atoms. The van der Waals surface area contributed by atoms with Gasteiger partial charge in [0.05, 0.1) is 17.3 Å². The summed E-state index contributed by atoms with van der Waals surface area (Å²) in [6.45, 7) is 0.934. The Morgan fingerprint density at radius 3 is 3.12 bits per heavy atom. The molecule has 0 spiro atoms. The summed E-state index contributed by atoms with van der Waals surface area (Å²) in [5, 5.41) is 13.0. The van der Waals surface area contributed by atoms with Crippen molar-refractivity contribution < 1.29 is 0 Å². The zero-order valence-electron chi connectivity index (χ0n) is 13.6. The quantitative estimate of drug-likeness (QED) is 0.578. The van der Waals surface area contributed by atoms with Gasteiger partial charge in [0, 0.05) is 41.5 Å². The highest BCUT2D eigenvalue weighted by atomic mass is 35.5. The molecule has 5 rings (SSSR count). The highest BCUT2D eigenvalue weighted by Gasteiger charge is 2.29. The topological polar surface area (TPSA) is 83.5 Å². The van der Waals surface area contributed by atoms with E-state index in [1.807, 2.05) is 23.8 Å². The minimum atomic E-state index is 0.249. The van der Waals surface area contributed by atoms with Crippen LogP contribution in [0.1, 0.15) is 23.9 Å². The largest absolute Gasteiger partial charge is 0.346 e. The summed E-state index contributed by atoms with van der Waals surface area (Å²) in [6, 6.07) is 2.11. The van der Waals surface area contributed by atoms with E-state index >= 15 is 0 Å². The van der Waals surface area contributed by atoms with Gasteiger partial charge in [-0.25, -0.2) is 15.0 Å². The van der Waals surface area contributed by atoms with Gasteiger partial charge in [-0.3, -0.25) is 0 Å². The monoisotopic (exact) mass is 383 g/mol. The van der Waals surface area contributed by atoms with Crippen LogP contribution in [0.5, 0.6) is 0 Å². The van der Waals surface area contributed by atoms with Crippen molar-refractivity contribution >= 4 is 39.8 Å². The van der Waals surface area contributed by atoms with Crippen molar-refractivity contribution in [2.75, 3.05) is 11.4 Å². The second kappa shape index (κ2) is 6.30. The van der Waals surface area contributed by atoms with E-state index in [2.05, 4.69) is 30.0 Å². The van der Waals surface area contributed by atoms with Gasteiger partial charge in [-0.15, -0.1) is 16.4 Å². The van der Waals surface area contributed by atoms with Crippen LogP contribution in [0, 0.1) is 0 Å². The Hall–Kier alpha value is -2.58. The number of nitrogens with one attached hydrogen (secondary N) is 1. The molecule has 0 aromatic carbocycles. The first kappa shape index (κ1) is 15.7. The van der Waals surface area contributed by atoms with Gasteiger partial charge in [0.15, 0.2) is 11.6 Å². The highest BCUT2D eigenvalue weighted by Crippen LogP contribution is 2.36. The van der Waals surface area contributed by atoms with E-state index in [9.17, 15) is 0 Å². The number of halogens is 1. The average molecular weight is 384 g/mol. The third-order valence-electron chi connectivity index (χ3n) is 4.57. The molecule has 130 valence electrons. The Labute approximate surface area is 158 Å². The number of hydrogen-bond acceptors (Lipinski definition) is 7. The first-order chi connectivity index (χ1) is 12.8. The number of fused-ring (bicyclic) bond motifs is 1. The van der Waals surface area contributed by atoms with Crippen molar-refractivity contribution in [1.29, 1.82) is 0 Å². The van der Waals surface area contributed by atoms with Gasteiger partial charge in [-0.05, 0) is 18.9 Å². The normalized spacial score (nSPS) is 17.3. The SMILES string of the molecule is Clc1cnc2[nH]cc(-c3nncc(N4CCCC4c4nccs4)n3)c2c1. The van der Waals surface area contributed by atoms with E-state index in [0.717, 1.165) is 46.8 Å². The second-order valence-corrected chi connectivity index (χ2v) is 7.47. The van der Waals surface area contributed by atoms with Crippen molar-refractivity contribution in [1.82, 2.24) is 30.1 Å². The summed E-state index contributed by atoms with van der Waals surface area (Å²) in [7, 11) is 0. The van der Waals surface area contributed by atoms with Crippen LogP contribution in [0.2, 0.25) is 5.02 Å². The Balaban J connectivity index is 1.55. The van der Waals surface area contributed by atoms with E-state index in [0.29, 0.717) is 10.8 Å². The molecule has 7 nitrogen and oxygen atoms in total. The van der Waals surface area contributed by atoms with Crippen molar-refractivity contribution in [3.05, 3.63) is 46.3 Å². The van der Waals surface area contributed by atoms with Gasteiger partial charge in [0.2, 0.25) is 0 Å². The summed E-state index contributed by atoms with van der Waals surface area (Å²) < 4.78 is 0. The van der Waals surface area contributed by atoms with Crippen LogP contribution in [0.25, 0.3) is 22.4 Å². The fourth-order valence-corrected chi connectivity index (χ4v) is 4.35. The maximum atomic E-state index is 6.10. The van der Waals surface area contributed by atoms with Crippen LogP contribution in [-0.2, 0) is 0 Å². The molecule has 1 aliphatic heterocycles. The Morgan fingerprint density at radius 2 is 2.23 bits per heavy atom. The van der Waals surface area contributed by atoms with Crippen LogP contribution in [0.4, 0.5) is 5.82 Å². The van der Waals surface area contributed by atoms with E-state index < -0.39 is 0 Å². The van der Waals surface area contributed by atoms with Gasteiger partial charge in [0.1, 0.15) is 10.7 Å². The van der Waals surface area contributed by atoms with Gasteiger partial charge in [-0.2, -0.15) is 5.10 Å². The fraction of sp³-hybridized carbons (Fsp3) is 0.235. The van der Waals surface area contributed by atoms with Crippen LogP contribution in [-0.4, -0.2) is 36.7 Å². The zero-order valence-corrected chi connectivity index (χ0v) is 15.2. The minimum Gasteiger partial charge on any atom is -0.346 e. The van der Waals surface area contributed by atoms with Crippen LogP contribution in [0.15, 0.2) is 36.2 Å². The number of pyridine rings is 1. The molecule has 9 heteroatoms. The Kier molecular flexibility index (Phi) is 3.79. The molecular formula is C17H14ClN7S. The molecule has 1 N–H and O–H groups in total. The number of rotatable bonds is 3. The van der Waals surface area contributed by atoms with Crippen LogP contribution in [0.3, 0.4) is 0 Å². The first-order valence-corrected chi connectivity index (χ1v) is 9.54.